The van der Waals surface area contributed by atoms with Gasteiger partial charge in [-0.3, -0.25) is 19.5 Å². The molecule has 0 radical (unpaired) electrons. The Morgan fingerprint density at radius 1 is 1.04 bits per heavy atom. The molecule has 1 aliphatic heterocycles. The average Bonchev–Trinajstić information content (AvgIpc) is 3.85. The van der Waals surface area contributed by atoms with Crippen LogP contribution in [0.1, 0.15) is 25.7 Å². The second-order valence-corrected chi connectivity index (χ2v) is 11.9. The monoisotopic (exact) mass is 633 g/mol. The van der Waals surface area contributed by atoms with Crippen LogP contribution in [0.4, 0.5) is 15.8 Å². The van der Waals surface area contributed by atoms with Gasteiger partial charge in [0.2, 0.25) is 17.7 Å². The number of hydrogen-bond acceptors (Lipinski definition) is 8. The van der Waals surface area contributed by atoms with Gasteiger partial charge in [0.25, 0.3) is 0 Å². The average molecular weight is 634 g/mol. The first-order valence-electron chi connectivity index (χ1n) is 14.7. The number of rotatable bonds is 10. The standard InChI is InChI=1S/C33H33ClFN5O5/c1-39-13-8-20(9-14-39)19-44-29-17-26-24(16-28(29)43-2)27(7-12-37-26)45-30-25(34)15-23(18-38-30)40(22-5-3-21(35)4-6-22)32(42)33(10-11-33)31(36)41/h3-7,12,15-18,20H,8-11,13-14,19H2,1-2H3,(H2,36,41). The molecule has 6 rings (SSSR count). The van der Waals surface area contributed by atoms with E-state index in [4.69, 9.17) is 31.5 Å². The number of methoxy groups -OCH3 is 1. The minimum absolute atomic E-state index is 0.0806. The Morgan fingerprint density at radius 3 is 2.42 bits per heavy atom. The third-order valence-electron chi connectivity index (χ3n) is 8.48. The number of hydrogen-bond donors (Lipinski definition) is 1. The van der Waals surface area contributed by atoms with E-state index in [2.05, 4.69) is 21.9 Å². The molecule has 12 heteroatoms. The van der Waals surface area contributed by atoms with Crippen LogP contribution in [0.3, 0.4) is 0 Å². The van der Waals surface area contributed by atoms with Crippen LogP contribution < -0.4 is 24.8 Å². The minimum atomic E-state index is -1.33. The molecule has 2 N–H and O–H groups in total. The van der Waals surface area contributed by atoms with Gasteiger partial charge < -0.3 is 24.8 Å². The molecule has 4 aromatic rings. The van der Waals surface area contributed by atoms with Gasteiger partial charge in [-0.1, -0.05) is 11.6 Å². The Hall–Kier alpha value is -4.48. The second-order valence-electron chi connectivity index (χ2n) is 11.5. The number of pyridine rings is 2. The second kappa shape index (κ2) is 12.5. The number of halogens is 2. The molecule has 2 aromatic carbocycles. The summed E-state index contributed by atoms with van der Waals surface area (Å²) in [7, 11) is 3.71. The molecular weight excluding hydrogens is 601 g/mol. The highest BCUT2D eigenvalue weighted by Gasteiger charge is 2.57. The van der Waals surface area contributed by atoms with E-state index >= 15 is 0 Å². The van der Waals surface area contributed by atoms with Crippen molar-refractivity contribution in [2.75, 3.05) is 38.8 Å². The van der Waals surface area contributed by atoms with Gasteiger partial charge in [-0.25, -0.2) is 9.37 Å². The molecule has 3 heterocycles. The molecule has 1 aliphatic carbocycles. The third-order valence-corrected chi connectivity index (χ3v) is 8.75. The number of likely N-dealkylation sites (tertiary alicyclic amines) is 1. The van der Waals surface area contributed by atoms with Crippen molar-refractivity contribution in [3.8, 4) is 23.1 Å². The topological polar surface area (TPSA) is 120 Å². The van der Waals surface area contributed by atoms with E-state index in [-0.39, 0.29) is 16.6 Å². The zero-order valence-corrected chi connectivity index (χ0v) is 25.7. The first-order valence-corrected chi connectivity index (χ1v) is 15.1. The number of fused-ring (bicyclic) bond motifs is 1. The predicted octanol–water partition coefficient (Wildman–Crippen LogP) is 5.87. The van der Waals surface area contributed by atoms with Gasteiger partial charge in [0, 0.05) is 23.3 Å². The number of primary amides is 1. The summed E-state index contributed by atoms with van der Waals surface area (Å²) >= 11 is 6.65. The van der Waals surface area contributed by atoms with E-state index in [1.54, 1.807) is 25.4 Å². The quantitative estimate of drug-likeness (QED) is 0.215. The van der Waals surface area contributed by atoms with Crippen molar-refractivity contribution in [1.82, 2.24) is 14.9 Å². The molecule has 45 heavy (non-hydrogen) atoms. The van der Waals surface area contributed by atoms with Gasteiger partial charge in [-0.05, 0) is 94.2 Å². The van der Waals surface area contributed by atoms with E-state index in [9.17, 15) is 14.0 Å². The van der Waals surface area contributed by atoms with Gasteiger partial charge in [0.1, 0.15) is 22.0 Å². The van der Waals surface area contributed by atoms with Crippen LogP contribution in [-0.2, 0) is 9.59 Å². The van der Waals surface area contributed by atoms with Crippen LogP contribution in [0.5, 0.6) is 23.1 Å². The summed E-state index contributed by atoms with van der Waals surface area (Å²) in [6.07, 6.45) is 5.82. The molecule has 10 nitrogen and oxygen atoms in total. The number of nitrogens with zero attached hydrogens (tertiary/aromatic N) is 4. The van der Waals surface area contributed by atoms with Gasteiger partial charge in [0.15, 0.2) is 11.5 Å². The van der Waals surface area contributed by atoms with Crippen molar-refractivity contribution < 1.29 is 28.2 Å². The Kier molecular flexibility index (Phi) is 8.48. The number of nitrogens with two attached hydrogens (primary N) is 1. The number of ether oxygens (including phenoxy) is 3. The molecule has 0 unspecified atom stereocenters. The van der Waals surface area contributed by atoms with E-state index in [1.807, 2.05) is 6.07 Å². The maximum Gasteiger partial charge on any atom is 0.247 e. The lowest BCUT2D eigenvalue weighted by Crippen LogP contribution is -2.41. The maximum absolute atomic E-state index is 13.7. The minimum Gasteiger partial charge on any atom is -0.493 e. The highest BCUT2D eigenvalue weighted by Crippen LogP contribution is 2.49. The first kappa shape index (κ1) is 30.5. The van der Waals surface area contributed by atoms with Crippen LogP contribution in [0, 0.1) is 17.2 Å². The van der Waals surface area contributed by atoms with Crippen LogP contribution in [0.2, 0.25) is 5.02 Å². The number of aromatic nitrogens is 2. The number of carbonyl (C=O) groups excluding carboxylic acids is 2. The lowest BCUT2D eigenvalue weighted by molar-refractivity contribution is -0.133. The summed E-state index contributed by atoms with van der Waals surface area (Å²) in [5.74, 6) is 0.405. The number of amides is 2. The van der Waals surface area contributed by atoms with Gasteiger partial charge in [0.05, 0.1) is 31.1 Å². The normalized spacial score (nSPS) is 16.3. The van der Waals surface area contributed by atoms with Crippen molar-refractivity contribution in [2.45, 2.75) is 25.7 Å². The van der Waals surface area contributed by atoms with Crippen molar-refractivity contribution in [2.24, 2.45) is 17.1 Å². The van der Waals surface area contributed by atoms with E-state index in [1.165, 1.54) is 41.4 Å². The zero-order chi connectivity index (χ0) is 31.7. The van der Waals surface area contributed by atoms with Crippen molar-refractivity contribution in [1.29, 1.82) is 0 Å². The molecule has 0 spiro atoms. The Balaban J connectivity index is 1.27. The molecule has 1 saturated heterocycles. The van der Waals surface area contributed by atoms with Crippen molar-refractivity contribution in [3.63, 3.8) is 0 Å². The molecule has 0 atom stereocenters. The summed E-state index contributed by atoms with van der Waals surface area (Å²) in [4.78, 5) is 38.3. The summed E-state index contributed by atoms with van der Waals surface area (Å²) in [6, 6.07) is 12.1. The van der Waals surface area contributed by atoms with Crippen LogP contribution in [0.15, 0.2) is 60.9 Å². The molecule has 2 aromatic heterocycles. The van der Waals surface area contributed by atoms with E-state index in [0.717, 1.165) is 25.9 Å². The Morgan fingerprint density at radius 2 is 1.78 bits per heavy atom. The van der Waals surface area contributed by atoms with Crippen LogP contribution >= 0.6 is 11.6 Å². The lowest BCUT2D eigenvalue weighted by atomic mass is 9.98. The smallest absolute Gasteiger partial charge is 0.247 e. The number of anilines is 2. The summed E-state index contributed by atoms with van der Waals surface area (Å²) in [6.45, 7) is 2.70. The Labute approximate surface area is 264 Å². The largest absolute Gasteiger partial charge is 0.493 e. The number of benzene rings is 2. The molecule has 2 aliphatic rings. The van der Waals surface area contributed by atoms with Crippen molar-refractivity contribution in [3.05, 3.63) is 71.8 Å². The van der Waals surface area contributed by atoms with Gasteiger partial charge in [-0.2, -0.15) is 0 Å². The fraction of sp³-hybridized carbons (Fsp3) is 0.333. The van der Waals surface area contributed by atoms with E-state index < -0.39 is 23.0 Å². The molecule has 2 fully saturated rings. The summed E-state index contributed by atoms with van der Waals surface area (Å²) in [5.41, 5.74) is 5.49. The Bertz CT molecular complexity index is 1740. The summed E-state index contributed by atoms with van der Waals surface area (Å²) in [5, 5.41) is 0.759. The van der Waals surface area contributed by atoms with Crippen molar-refractivity contribution >= 4 is 45.7 Å². The number of carbonyl (C=O) groups is 2. The third kappa shape index (κ3) is 6.23. The zero-order valence-electron chi connectivity index (χ0n) is 25.0. The van der Waals surface area contributed by atoms with Crippen LogP contribution in [-0.4, -0.2) is 60.5 Å². The molecule has 1 saturated carbocycles. The SMILES string of the molecule is COc1cc2c(Oc3ncc(N(C(=O)C4(C(N)=O)CC4)c4ccc(F)cc4)cc3Cl)ccnc2cc1OCC1CCN(C)CC1. The van der Waals surface area contributed by atoms with E-state index in [0.29, 0.717) is 59.2 Å². The predicted molar refractivity (Wildman–Crippen MR) is 168 cm³/mol. The first-order chi connectivity index (χ1) is 21.7. The summed E-state index contributed by atoms with van der Waals surface area (Å²) < 4.78 is 31.7. The van der Waals surface area contributed by atoms with Gasteiger partial charge in [-0.15, -0.1) is 0 Å². The molecule has 234 valence electrons. The van der Waals surface area contributed by atoms with Crippen LogP contribution in [0.25, 0.3) is 10.9 Å². The molecule has 2 amide bonds. The van der Waals surface area contributed by atoms with Gasteiger partial charge >= 0.3 is 0 Å². The highest BCUT2D eigenvalue weighted by atomic mass is 35.5. The highest BCUT2D eigenvalue weighted by molar-refractivity contribution is 6.32. The fourth-order valence-electron chi connectivity index (χ4n) is 5.52. The fourth-order valence-corrected chi connectivity index (χ4v) is 5.72. The lowest BCUT2D eigenvalue weighted by Gasteiger charge is -2.28. The maximum atomic E-state index is 13.7. The molecule has 0 bridgehead atoms. The molecular formula is C33H33ClFN5O5. The number of piperidine rings is 1.